The Morgan fingerprint density at radius 3 is 1.86 bits per heavy atom. The van der Waals surface area contributed by atoms with Gasteiger partial charge >= 0.3 is 0 Å². The molecule has 0 spiro atoms. The van der Waals surface area contributed by atoms with Crippen LogP contribution in [0.1, 0.15) is 39.7 Å². The lowest BCUT2D eigenvalue weighted by atomic mass is 9.55. The number of hydrogen-bond acceptors (Lipinski definition) is 3. The largest absolute Gasteiger partial charge is 0.335 e. The number of carbonyl (C=O) groups is 2. The Kier molecular flexibility index (Phi) is 4.16. The van der Waals surface area contributed by atoms with Crippen molar-refractivity contribution in [1.29, 1.82) is 0 Å². The first kappa shape index (κ1) is 20.0. The summed E-state index contributed by atoms with van der Waals surface area (Å²) in [6, 6.07) is 24.4. The minimum Gasteiger partial charge on any atom is -0.335 e. The standard InChI is InChI=1S/C30H21N3O2/c1-2-15-32-17-18(19-9-7-8-14-24(19)32)16-31-33-29(34)27-25-20-10-3-4-11-21(20)26(28(27)30(33)35)23-13-6-5-12-22(23)25/h1,3-14,16-17,25-28H,15H2/b31-16-/t25?,26?,27-,28-/m1/s1. The lowest BCUT2D eigenvalue weighted by Gasteiger charge is -2.45. The fourth-order valence-corrected chi connectivity index (χ4v) is 6.50. The normalized spacial score (nSPS) is 24.0. The molecule has 0 unspecified atom stereocenters. The second-order valence-electron chi connectivity index (χ2n) is 9.43. The van der Waals surface area contributed by atoms with Crippen molar-refractivity contribution in [2.75, 3.05) is 0 Å². The minimum absolute atomic E-state index is 0.133. The summed E-state index contributed by atoms with van der Waals surface area (Å²) in [5.41, 5.74) is 6.43. The van der Waals surface area contributed by atoms with Gasteiger partial charge in [0.05, 0.1) is 24.6 Å². The fourth-order valence-electron chi connectivity index (χ4n) is 6.50. The van der Waals surface area contributed by atoms with Crippen molar-refractivity contribution in [3.05, 3.63) is 107 Å². The number of amides is 2. The number of aromatic nitrogens is 1. The number of carbonyl (C=O) groups excluding carboxylic acids is 2. The lowest BCUT2D eigenvalue weighted by Crippen LogP contribution is -2.41. The number of fused-ring (bicyclic) bond motifs is 1. The number of hydrogen-bond donors (Lipinski definition) is 0. The molecule has 2 amide bonds. The minimum atomic E-state index is -0.433. The summed E-state index contributed by atoms with van der Waals surface area (Å²) < 4.78 is 1.97. The van der Waals surface area contributed by atoms with E-state index in [1.165, 1.54) is 0 Å². The van der Waals surface area contributed by atoms with E-state index in [4.69, 9.17) is 6.42 Å². The SMILES string of the molecule is C#CCn1cc(/C=N\N2C(=O)[C@@H]3C4c5ccccc5C(c5ccccc54)[C@H]3C2=O)c2ccccc21. The Balaban J connectivity index is 1.31. The summed E-state index contributed by atoms with van der Waals surface area (Å²) in [5.74, 6) is 1.10. The third-order valence-electron chi connectivity index (χ3n) is 7.82. The van der Waals surface area contributed by atoms with Gasteiger partial charge in [0.25, 0.3) is 11.8 Å². The van der Waals surface area contributed by atoms with Crippen LogP contribution in [0, 0.1) is 24.2 Å². The van der Waals surface area contributed by atoms with Gasteiger partial charge in [0, 0.05) is 34.5 Å². The Labute approximate surface area is 202 Å². The molecule has 1 aromatic heterocycles. The van der Waals surface area contributed by atoms with Gasteiger partial charge in [0.15, 0.2) is 0 Å². The fraction of sp³-hybridized carbons (Fsp3) is 0.167. The van der Waals surface area contributed by atoms with Crippen LogP contribution in [0.25, 0.3) is 10.9 Å². The molecule has 0 N–H and O–H groups in total. The van der Waals surface area contributed by atoms with Gasteiger partial charge in [-0.05, 0) is 28.3 Å². The second-order valence-corrected chi connectivity index (χ2v) is 9.43. The summed E-state index contributed by atoms with van der Waals surface area (Å²) in [5, 5.41) is 6.56. The molecule has 2 atom stereocenters. The van der Waals surface area contributed by atoms with Crippen molar-refractivity contribution in [2.45, 2.75) is 18.4 Å². The molecule has 2 heterocycles. The van der Waals surface area contributed by atoms with Gasteiger partial charge in [0.2, 0.25) is 0 Å². The topological polar surface area (TPSA) is 54.7 Å². The molecule has 0 saturated carbocycles. The van der Waals surface area contributed by atoms with Crippen LogP contribution in [0.5, 0.6) is 0 Å². The number of benzene rings is 3. The Morgan fingerprint density at radius 2 is 1.31 bits per heavy atom. The van der Waals surface area contributed by atoms with E-state index >= 15 is 0 Å². The molecule has 8 rings (SSSR count). The highest BCUT2D eigenvalue weighted by atomic mass is 16.2. The predicted molar refractivity (Wildman–Crippen MR) is 134 cm³/mol. The van der Waals surface area contributed by atoms with Gasteiger partial charge < -0.3 is 4.57 Å². The third kappa shape index (κ3) is 2.62. The van der Waals surface area contributed by atoms with Gasteiger partial charge in [0.1, 0.15) is 0 Å². The summed E-state index contributed by atoms with van der Waals surface area (Å²) >= 11 is 0. The Hall–Kier alpha value is -4.43. The van der Waals surface area contributed by atoms with Crippen LogP contribution < -0.4 is 0 Å². The van der Waals surface area contributed by atoms with Crippen LogP contribution in [0.15, 0.2) is 84.1 Å². The first-order chi connectivity index (χ1) is 17.2. The average molecular weight is 456 g/mol. The van der Waals surface area contributed by atoms with E-state index in [1.807, 2.05) is 59.3 Å². The summed E-state index contributed by atoms with van der Waals surface area (Å²) in [6.45, 7) is 0.431. The maximum absolute atomic E-state index is 13.7. The van der Waals surface area contributed by atoms with Crippen molar-refractivity contribution < 1.29 is 9.59 Å². The monoisotopic (exact) mass is 455 g/mol. The maximum Gasteiger partial charge on any atom is 0.254 e. The number of imide groups is 1. The average Bonchev–Trinajstić information content (AvgIpc) is 3.37. The quantitative estimate of drug-likeness (QED) is 0.260. The van der Waals surface area contributed by atoms with Crippen molar-refractivity contribution in [3.63, 3.8) is 0 Å². The zero-order valence-electron chi connectivity index (χ0n) is 18.8. The molecule has 4 aromatic rings. The van der Waals surface area contributed by atoms with Crippen LogP contribution in [-0.2, 0) is 16.1 Å². The first-order valence-corrected chi connectivity index (χ1v) is 11.8. The van der Waals surface area contributed by atoms with E-state index < -0.39 is 11.8 Å². The molecular formula is C30H21N3O2. The van der Waals surface area contributed by atoms with Crippen LogP contribution in [-0.4, -0.2) is 27.6 Å². The van der Waals surface area contributed by atoms with E-state index in [0.29, 0.717) is 6.54 Å². The number of hydrazone groups is 1. The molecule has 4 aliphatic rings. The van der Waals surface area contributed by atoms with Crippen molar-refractivity contribution in [3.8, 4) is 12.3 Å². The summed E-state index contributed by atoms with van der Waals surface area (Å²) in [4.78, 5) is 27.4. The number of para-hydroxylation sites is 1. The van der Waals surface area contributed by atoms with E-state index in [9.17, 15) is 9.59 Å². The van der Waals surface area contributed by atoms with E-state index in [-0.39, 0.29) is 23.7 Å². The Bertz CT molecular complexity index is 1510. The summed E-state index contributed by atoms with van der Waals surface area (Å²) in [7, 11) is 0. The molecule has 168 valence electrons. The van der Waals surface area contributed by atoms with Crippen LogP contribution in [0.3, 0.4) is 0 Å². The molecule has 5 nitrogen and oxygen atoms in total. The highest BCUT2D eigenvalue weighted by Crippen LogP contribution is 2.60. The third-order valence-corrected chi connectivity index (χ3v) is 7.82. The van der Waals surface area contributed by atoms with Crippen molar-refractivity contribution >= 4 is 28.9 Å². The molecule has 35 heavy (non-hydrogen) atoms. The first-order valence-electron chi connectivity index (χ1n) is 11.8. The molecule has 3 aliphatic carbocycles. The molecular weight excluding hydrogens is 434 g/mol. The zero-order valence-corrected chi connectivity index (χ0v) is 18.8. The highest BCUT2D eigenvalue weighted by Gasteiger charge is 2.61. The number of terminal acetylenes is 1. The van der Waals surface area contributed by atoms with Crippen LogP contribution >= 0.6 is 0 Å². The van der Waals surface area contributed by atoms with Gasteiger partial charge in [-0.1, -0.05) is 72.7 Å². The number of rotatable bonds is 3. The Morgan fingerprint density at radius 1 is 0.800 bits per heavy atom. The molecule has 1 fully saturated rings. The maximum atomic E-state index is 13.7. The van der Waals surface area contributed by atoms with Crippen molar-refractivity contribution in [1.82, 2.24) is 9.58 Å². The molecule has 3 aromatic carbocycles. The van der Waals surface area contributed by atoms with Gasteiger partial charge in [-0.2, -0.15) is 10.1 Å². The molecule has 0 radical (unpaired) electrons. The lowest BCUT2D eigenvalue weighted by molar-refractivity contribution is -0.139. The number of nitrogens with zero attached hydrogens (tertiary/aromatic N) is 3. The van der Waals surface area contributed by atoms with E-state index in [0.717, 1.165) is 43.7 Å². The molecule has 1 aliphatic heterocycles. The van der Waals surface area contributed by atoms with Gasteiger partial charge in [-0.25, -0.2) is 0 Å². The molecule has 5 heteroatoms. The van der Waals surface area contributed by atoms with Crippen molar-refractivity contribution in [2.24, 2.45) is 16.9 Å². The predicted octanol–water partition coefficient (Wildman–Crippen LogP) is 4.50. The van der Waals surface area contributed by atoms with Crippen LogP contribution in [0.2, 0.25) is 0 Å². The smallest absolute Gasteiger partial charge is 0.254 e. The highest BCUT2D eigenvalue weighted by molar-refractivity contribution is 6.08. The molecule has 2 bridgehead atoms. The van der Waals surface area contributed by atoms with Crippen LogP contribution in [0.4, 0.5) is 0 Å². The van der Waals surface area contributed by atoms with E-state index in [1.54, 1.807) is 6.21 Å². The van der Waals surface area contributed by atoms with Gasteiger partial charge in [-0.15, -0.1) is 6.42 Å². The van der Waals surface area contributed by atoms with E-state index in [2.05, 4.69) is 35.3 Å². The van der Waals surface area contributed by atoms with Gasteiger partial charge in [-0.3, -0.25) is 9.59 Å². The second kappa shape index (κ2) is 7.28. The zero-order chi connectivity index (χ0) is 23.7. The summed E-state index contributed by atoms with van der Waals surface area (Å²) in [6.07, 6.45) is 9.07. The molecule has 1 saturated heterocycles.